The molecule has 1 fully saturated rings. The Bertz CT molecular complexity index is 1330. The van der Waals surface area contributed by atoms with Crippen LogP contribution in [0.2, 0.25) is 0 Å². The molecular formula is C28H32N6O2. The monoisotopic (exact) mass is 484 g/mol. The van der Waals surface area contributed by atoms with Crippen LogP contribution in [0.3, 0.4) is 0 Å². The first kappa shape index (κ1) is 23.8. The molecule has 2 N–H and O–H groups in total. The number of rotatable bonds is 8. The average Bonchev–Trinajstić information content (AvgIpc) is 3.32. The highest BCUT2D eigenvalue weighted by molar-refractivity contribution is 5.95. The molecule has 4 aromatic rings. The van der Waals surface area contributed by atoms with E-state index in [1.54, 1.807) is 0 Å². The van der Waals surface area contributed by atoms with Gasteiger partial charge in [-0.15, -0.1) is 0 Å². The lowest BCUT2D eigenvalue weighted by Crippen LogP contribution is -2.41. The number of fused-ring (bicyclic) bond motifs is 1. The number of benzene rings is 3. The molecule has 1 aliphatic heterocycles. The summed E-state index contributed by atoms with van der Waals surface area (Å²) in [6.45, 7) is 4.77. The Kier molecular flexibility index (Phi) is 7.16. The van der Waals surface area contributed by atoms with Crippen molar-refractivity contribution in [1.29, 1.82) is 0 Å². The van der Waals surface area contributed by atoms with E-state index in [9.17, 15) is 4.79 Å². The number of carbonyl (C=O) groups is 1. The van der Waals surface area contributed by atoms with Crippen molar-refractivity contribution in [1.82, 2.24) is 20.0 Å². The number of morpholine rings is 1. The highest BCUT2D eigenvalue weighted by Gasteiger charge is 2.15. The predicted molar refractivity (Wildman–Crippen MR) is 145 cm³/mol. The third kappa shape index (κ3) is 5.35. The van der Waals surface area contributed by atoms with E-state index in [2.05, 4.69) is 37.7 Å². The normalized spacial score (nSPS) is 14.1. The minimum absolute atomic E-state index is 0.0788. The fraction of sp³-hybridized carbons (Fsp3) is 0.286. The molecule has 0 saturated carbocycles. The van der Waals surface area contributed by atoms with Crippen LogP contribution in [0.5, 0.6) is 0 Å². The van der Waals surface area contributed by atoms with Gasteiger partial charge in [0, 0.05) is 56.9 Å². The Labute approximate surface area is 211 Å². The van der Waals surface area contributed by atoms with Crippen molar-refractivity contribution in [2.75, 3.05) is 63.7 Å². The van der Waals surface area contributed by atoms with Crippen molar-refractivity contribution in [3.8, 4) is 5.69 Å². The maximum Gasteiger partial charge on any atom is 0.251 e. The lowest BCUT2D eigenvalue weighted by atomic mass is 10.1. The van der Waals surface area contributed by atoms with E-state index < -0.39 is 0 Å². The molecule has 1 amide bonds. The highest BCUT2D eigenvalue weighted by atomic mass is 16.5. The second-order valence-electron chi connectivity index (χ2n) is 9.13. The van der Waals surface area contributed by atoms with E-state index >= 15 is 0 Å². The fourth-order valence-electron chi connectivity index (χ4n) is 4.45. The molecule has 0 radical (unpaired) electrons. The van der Waals surface area contributed by atoms with E-state index in [4.69, 9.17) is 4.74 Å². The topological polar surface area (TPSA) is 74.7 Å². The van der Waals surface area contributed by atoms with E-state index in [1.165, 1.54) is 0 Å². The first-order valence-electron chi connectivity index (χ1n) is 12.3. The number of ether oxygens (including phenoxy) is 1. The van der Waals surface area contributed by atoms with Crippen molar-refractivity contribution in [2.24, 2.45) is 0 Å². The SMILES string of the molecule is CN(C)c1cc2c(cnn2-c2cccc(C(=O)NCCN3CCOCC3)c2)cc1Nc1ccccc1. The van der Waals surface area contributed by atoms with Gasteiger partial charge in [0.15, 0.2) is 0 Å². The Morgan fingerprint density at radius 2 is 1.83 bits per heavy atom. The Hall–Kier alpha value is -3.88. The molecule has 1 aliphatic rings. The number of hydrogen-bond acceptors (Lipinski definition) is 6. The highest BCUT2D eigenvalue weighted by Crippen LogP contribution is 2.33. The molecule has 5 rings (SSSR count). The van der Waals surface area contributed by atoms with E-state index in [0.717, 1.165) is 66.5 Å². The van der Waals surface area contributed by atoms with Gasteiger partial charge in [0.05, 0.1) is 42.0 Å². The van der Waals surface area contributed by atoms with Crippen LogP contribution in [0.15, 0.2) is 72.9 Å². The number of amides is 1. The second-order valence-corrected chi connectivity index (χ2v) is 9.13. The number of hydrogen-bond donors (Lipinski definition) is 2. The molecule has 36 heavy (non-hydrogen) atoms. The first-order valence-corrected chi connectivity index (χ1v) is 12.3. The van der Waals surface area contributed by atoms with Gasteiger partial charge in [0.25, 0.3) is 5.91 Å². The van der Waals surface area contributed by atoms with Crippen LogP contribution in [0.25, 0.3) is 16.6 Å². The number of nitrogens with zero attached hydrogens (tertiary/aromatic N) is 4. The smallest absolute Gasteiger partial charge is 0.251 e. The lowest BCUT2D eigenvalue weighted by molar-refractivity contribution is 0.0383. The van der Waals surface area contributed by atoms with Gasteiger partial charge in [0.2, 0.25) is 0 Å². The molecule has 1 saturated heterocycles. The van der Waals surface area contributed by atoms with Gasteiger partial charge >= 0.3 is 0 Å². The van der Waals surface area contributed by atoms with Crippen molar-refractivity contribution < 1.29 is 9.53 Å². The molecule has 0 atom stereocenters. The molecule has 186 valence electrons. The third-order valence-corrected chi connectivity index (χ3v) is 6.39. The van der Waals surface area contributed by atoms with Crippen LogP contribution >= 0.6 is 0 Å². The summed E-state index contributed by atoms with van der Waals surface area (Å²) < 4.78 is 7.27. The zero-order chi connectivity index (χ0) is 24.9. The number of nitrogens with one attached hydrogen (secondary N) is 2. The fourth-order valence-corrected chi connectivity index (χ4v) is 4.45. The van der Waals surface area contributed by atoms with Gasteiger partial charge in [0.1, 0.15) is 0 Å². The van der Waals surface area contributed by atoms with Crippen LogP contribution in [0, 0.1) is 0 Å². The van der Waals surface area contributed by atoms with Gasteiger partial charge in [-0.25, -0.2) is 4.68 Å². The zero-order valence-corrected chi connectivity index (χ0v) is 20.8. The Morgan fingerprint density at radius 1 is 1.03 bits per heavy atom. The summed E-state index contributed by atoms with van der Waals surface area (Å²) in [4.78, 5) is 17.2. The zero-order valence-electron chi connectivity index (χ0n) is 20.8. The molecule has 1 aromatic heterocycles. The van der Waals surface area contributed by atoms with Crippen molar-refractivity contribution in [3.63, 3.8) is 0 Å². The molecular weight excluding hydrogens is 452 g/mol. The van der Waals surface area contributed by atoms with E-state index in [-0.39, 0.29) is 5.91 Å². The summed E-state index contributed by atoms with van der Waals surface area (Å²) in [6, 6.07) is 22.0. The first-order chi connectivity index (χ1) is 17.6. The molecule has 0 bridgehead atoms. The van der Waals surface area contributed by atoms with Gasteiger partial charge in [-0.2, -0.15) is 5.10 Å². The predicted octanol–water partition coefficient (Wildman–Crippen LogP) is 3.90. The maximum atomic E-state index is 12.8. The van der Waals surface area contributed by atoms with Crippen LogP contribution in [-0.4, -0.2) is 74.1 Å². The quantitative estimate of drug-likeness (QED) is 0.395. The summed E-state index contributed by atoms with van der Waals surface area (Å²) in [7, 11) is 4.06. The summed E-state index contributed by atoms with van der Waals surface area (Å²) in [5, 5.41) is 12.2. The summed E-state index contributed by atoms with van der Waals surface area (Å²) in [5.41, 5.74) is 5.52. The molecule has 0 spiro atoms. The minimum atomic E-state index is -0.0788. The van der Waals surface area contributed by atoms with E-state index in [0.29, 0.717) is 12.1 Å². The van der Waals surface area contributed by atoms with Gasteiger partial charge in [-0.05, 0) is 42.5 Å². The van der Waals surface area contributed by atoms with Crippen LogP contribution in [0.4, 0.5) is 17.1 Å². The maximum absolute atomic E-state index is 12.8. The molecule has 0 unspecified atom stereocenters. The van der Waals surface area contributed by atoms with Crippen LogP contribution < -0.4 is 15.5 Å². The molecule has 0 aliphatic carbocycles. The number of para-hydroxylation sites is 1. The molecule has 3 aromatic carbocycles. The van der Waals surface area contributed by atoms with Crippen molar-refractivity contribution >= 4 is 33.9 Å². The van der Waals surface area contributed by atoms with Gasteiger partial charge < -0.3 is 20.3 Å². The molecule has 2 heterocycles. The number of carbonyl (C=O) groups excluding carboxylic acids is 1. The lowest BCUT2D eigenvalue weighted by Gasteiger charge is -2.26. The average molecular weight is 485 g/mol. The standard InChI is InChI=1S/C28H32N6O2/c1-32(2)27-19-26-22(18-25(27)31-23-8-4-3-5-9-23)20-30-34(26)24-10-6-7-21(17-24)28(35)29-11-12-33-13-15-36-16-14-33/h3-10,17-20,31H,11-16H2,1-2H3,(H,29,35). The Morgan fingerprint density at radius 3 is 2.61 bits per heavy atom. The molecule has 8 nitrogen and oxygen atoms in total. The minimum Gasteiger partial charge on any atom is -0.379 e. The summed E-state index contributed by atoms with van der Waals surface area (Å²) >= 11 is 0. The third-order valence-electron chi connectivity index (χ3n) is 6.39. The van der Waals surface area contributed by atoms with Gasteiger partial charge in [-0.1, -0.05) is 24.3 Å². The number of aromatic nitrogens is 2. The van der Waals surface area contributed by atoms with Crippen LogP contribution in [-0.2, 0) is 4.74 Å². The molecule has 8 heteroatoms. The summed E-state index contributed by atoms with van der Waals surface area (Å²) in [5.74, 6) is -0.0788. The van der Waals surface area contributed by atoms with Crippen molar-refractivity contribution in [3.05, 3.63) is 78.5 Å². The van der Waals surface area contributed by atoms with Crippen LogP contribution in [0.1, 0.15) is 10.4 Å². The van der Waals surface area contributed by atoms with Crippen molar-refractivity contribution in [2.45, 2.75) is 0 Å². The number of anilines is 3. The second kappa shape index (κ2) is 10.8. The summed E-state index contributed by atoms with van der Waals surface area (Å²) in [6.07, 6.45) is 1.86. The van der Waals surface area contributed by atoms with Gasteiger partial charge in [-0.3, -0.25) is 9.69 Å². The van der Waals surface area contributed by atoms with E-state index in [1.807, 2.05) is 79.6 Å². The Balaban J connectivity index is 1.37. The largest absolute Gasteiger partial charge is 0.379 e.